The number of pyridine rings is 1. The van der Waals surface area contributed by atoms with E-state index in [0.717, 1.165) is 22.5 Å². The molecular formula is C7H9N4+. The van der Waals surface area contributed by atoms with Crippen LogP contribution < -0.4 is 10.7 Å². The summed E-state index contributed by atoms with van der Waals surface area (Å²) in [6, 6.07) is 1.84. The monoisotopic (exact) mass is 149 g/mol. The minimum absolute atomic E-state index is 0.730. The standard InChI is InChI=1S/C7H8N4/c1-4-2-5(8)6-7(11-4)10-3-9-6/h2-3H,1H3,(H3,8,9,10,11)/p+1. The van der Waals surface area contributed by atoms with Gasteiger partial charge in [-0.3, -0.25) is 4.98 Å². The lowest BCUT2D eigenvalue weighted by Gasteiger charge is -1.89. The van der Waals surface area contributed by atoms with Crippen LogP contribution in [0, 0.1) is 6.92 Å². The molecule has 2 heterocycles. The number of hydrogen-bond donors (Lipinski definition) is 2. The molecule has 56 valence electrons. The Morgan fingerprint density at radius 2 is 2.45 bits per heavy atom. The highest BCUT2D eigenvalue weighted by Gasteiger charge is 2.08. The van der Waals surface area contributed by atoms with Crippen LogP contribution in [-0.2, 0) is 0 Å². The normalized spacial score (nSPS) is 10.6. The largest absolute Gasteiger partial charge is 0.396 e. The predicted molar refractivity (Wildman–Crippen MR) is 41.8 cm³/mol. The molecule has 4 N–H and O–H groups in total. The van der Waals surface area contributed by atoms with Crippen LogP contribution in [-0.4, -0.2) is 9.97 Å². The Balaban J connectivity index is 2.91. The summed E-state index contributed by atoms with van der Waals surface area (Å²) in [5, 5.41) is 0. The van der Waals surface area contributed by atoms with Gasteiger partial charge in [-0.25, -0.2) is 4.98 Å². The van der Waals surface area contributed by atoms with Crippen LogP contribution in [0.15, 0.2) is 12.4 Å². The Hall–Kier alpha value is -1.58. The molecule has 4 nitrogen and oxygen atoms in total. The van der Waals surface area contributed by atoms with Crippen LogP contribution in [0.25, 0.3) is 11.2 Å². The first-order valence-corrected chi connectivity index (χ1v) is 3.39. The highest BCUT2D eigenvalue weighted by molar-refractivity contribution is 5.81. The summed E-state index contributed by atoms with van der Waals surface area (Å²) >= 11 is 0. The molecule has 0 aromatic carbocycles. The Bertz CT molecular complexity index is 390. The van der Waals surface area contributed by atoms with Gasteiger partial charge in [0.2, 0.25) is 0 Å². The Labute approximate surface area is 63.5 Å². The van der Waals surface area contributed by atoms with Crippen molar-refractivity contribution in [1.29, 1.82) is 0 Å². The van der Waals surface area contributed by atoms with Gasteiger partial charge in [0.25, 0.3) is 0 Å². The highest BCUT2D eigenvalue weighted by atomic mass is 15.0. The maximum atomic E-state index is 5.71. The smallest absolute Gasteiger partial charge is 0.301 e. The third-order valence-electron chi connectivity index (χ3n) is 1.60. The molecule has 2 aromatic rings. The van der Waals surface area contributed by atoms with Gasteiger partial charge in [-0.2, -0.15) is 0 Å². The summed E-state index contributed by atoms with van der Waals surface area (Å²) in [5.41, 5.74) is 9.04. The van der Waals surface area contributed by atoms with Crippen molar-refractivity contribution in [2.45, 2.75) is 6.92 Å². The second-order valence-electron chi connectivity index (χ2n) is 2.51. The van der Waals surface area contributed by atoms with Crippen molar-refractivity contribution in [3.63, 3.8) is 0 Å². The Kier molecular flexibility index (Phi) is 1.09. The van der Waals surface area contributed by atoms with E-state index in [1.54, 1.807) is 6.33 Å². The molecule has 0 fully saturated rings. The molecule has 0 amide bonds. The molecule has 0 aliphatic carbocycles. The fourth-order valence-electron chi connectivity index (χ4n) is 1.13. The van der Waals surface area contributed by atoms with Crippen LogP contribution in [0.3, 0.4) is 0 Å². The molecule has 0 saturated heterocycles. The van der Waals surface area contributed by atoms with Gasteiger partial charge in [-0.05, 0) is 6.92 Å². The number of hydrogen-bond acceptors (Lipinski definition) is 2. The fourth-order valence-corrected chi connectivity index (χ4v) is 1.13. The summed E-state index contributed by atoms with van der Waals surface area (Å²) in [5.74, 6) is 0. The molecule has 2 rings (SSSR count). The predicted octanol–water partition coefficient (Wildman–Crippen LogP) is 0.268. The number of fused-ring (bicyclic) bond motifs is 1. The van der Waals surface area contributed by atoms with E-state index < -0.39 is 0 Å². The van der Waals surface area contributed by atoms with Crippen molar-refractivity contribution in [2.24, 2.45) is 0 Å². The maximum absolute atomic E-state index is 5.71. The minimum atomic E-state index is 0.730. The zero-order valence-corrected chi connectivity index (χ0v) is 6.18. The van der Waals surface area contributed by atoms with E-state index in [2.05, 4.69) is 15.0 Å². The fraction of sp³-hybridized carbons (Fsp3) is 0.143. The molecule has 0 bridgehead atoms. The molecule has 0 radical (unpaired) electrons. The average Bonchev–Trinajstić information content (AvgIpc) is 2.34. The van der Waals surface area contributed by atoms with Gasteiger partial charge >= 0.3 is 5.65 Å². The molecule has 0 unspecified atom stereocenters. The molecule has 0 atom stereocenters. The first-order valence-electron chi connectivity index (χ1n) is 3.39. The zero-order chi connectivity index (χ0) is 7.84. The van der Waals surface area contributed by atoms with Crippen molar-refractivity contribution in [2.75, 3.05) is 5.73 Å². The molecule has 0 aliphatic rings. The number of nitrogens with zero attached hydrogens (tertiary/aromatic N) is 1. The second-order valence-corrected chi connectivity index (χ2v) is 2.51. The minimum Gasteiger partial charge on any atom is -0.396 e. The lowest BCUT2D eigenvalue weighted by Crippen LogP contribution is -1.99. The molecular weight excluding hydrogens is 140 g/mol. The van der Waals surface area contributed by atoms with Crippen LogP contribution in [0.1, 0.15) is 5.69 Å². The molecule has 4 heteroatoms. The number of nitrogen functional groups attached to an aromatic ring is 1. The van der Waals surface area contributed by atoms with E-state index in [-0.39, 0.29) is 0 Å². The summed E-state index contributed by atoms with van der Waals surface area (Å²) in [6.45, 7) is 1.91. The number of nitrogens with one attached hydrogen (secondary N) is 2. The molecule has 2 aromatic heterocycles. The van der Waals surface area contributed by atoms with E-state index >= 15 is 0 Å². The van der Waals surface area contributed by atoms with Gasteiger partial charge in [0, 0.05) is 6.07 Å². The lowest BCUT2D eigenvalue weighted by molar-refractivity contribution is -0.347. The SMILES string of the molecule is Cc1cc(N)c2[nH]c[nH+]c2n1. The van der Waals surface area contributed by atoms with E-state index in [0.29, 0.717) is 0 Å². The first-order chi connectivity index (χ1) is 5.27. The number of H-pyrrole nitrogens is 2. The summed E-state index contributed by atoms with van der Waals surface area (Å²) in [4.78, 5) is 10.2. The van der Waals surface area contributed by atoms with E-state index in [1.807, 2.05) is 13.0 Å². The number of aromatic nitrogens is 3. The Morgan fingerprint density at radius 1 is 1.64 bits per heavy atom. The van der Waals surface area contributed by atoms with Crippen LogP contribution >= 0.6 is 0 Å². The highest BCUT2D eigenvalue weighted by Crippen LogP contribution is 2.13. The molecule has 0 aliphatic heterocycles. The lowest BCUT2D eigenvalue weighted by atomic mass is 10.3. The number of anilines is 1. The first kappa shape index (κ1) is 6.15. The van der Waals surface area contributed by atoms with Crippen molar-refractivity contribution < 1.29 is 4.98 Å². The summed E-state index contributed by atoms with van der Waals surface area (Å²) in [7, 11) is 0. The van der Waals surface area contributed by atoms with Crippen LogP contribution in [0.5, 0.6) is 0 Å². The van der Waals surface area contributed by atoms with Crippen LogP contribution in [0.4, 0.5) is 5.69 Å². The van der Waals surface area contributed by atoms with Crippen molar-refractivity contribution >= 4 is 16.9 Å². The number of rotatable bonds is 0. The topological polar surface area (TPSA) is 68.8 Å². The maximum Gasteiger partial charge on any atom is 0.301 e. The summed E-state index contributed by atoms with van der Waals surface area (Å²) in [6.07, 6.45) is 1.72. The summed E-state index contributed by atoms with van der Waals surface area (Å²) < 4.78 is 0. The van der Waals surface area contributed by atoms with E-state index in [1.165, 1.54) is 0 Å². The zero-order valence-electron chi connectivity index (χ0n) is 6.18. The van der Waals surface area contributed by atoms with E-state index in [4.69, 9.17) is 5.73 Å². The van der Waals surface area contributed by atoms with Gasteiger partial charge in [-0.1, -0.05) is 0 Å². The van der Waals surface area contributed by atoms with Gasteiger partial charge < -0.3 is 5.73 Å². The average molecular weight is 149 g/mol. The van der Waals surface area contributed by atoms with Crippen molar-refractivity contribution in [1.82, 2.24) is 9.97 Å². The second kappa shape index (κ2) is 1.95. The van der Waals surface area contributed by atoms with E-state index in [9.17, 15) is 0 Å². The van der Waals surface area contributed by atoms with Crippen LogP contribution in [0.2, 0.25) is 0 Å². The van der Waals surface area contributed by atoms with Crippen molar-refractivity contribution in [3.8, 4) is 0 Å². The third kappa shape index (κ3) is 0.832. The molecule has 0 saturated carbocycles. The number of nitrogens with two attached hydrogens (primary N) is 1. The van der Waals surface area contributed by atoms with Gasteiger partial charge in [0.1, 0.15) is 5.69 Å². The van der Waals surface area contributed by atoms with Gasteiger partial charge in [0.05, 0.1) is 5.69 Å². The van der Waals surface area contributed by atoms with Gasteiger partial charge in [0.15, 0.2) is 11.8 Å². The number of imidazole rings is 1. The van der Waals surface area contributed by atoms with Gasteiger partial charge in [-0.15, -0.1) is 4.98 Å². The number of aryl methyl sites for hydroxylation is 1. The third-order valence-corrected chi connectivity index (χ3v) is 1.60. The quantitative estimate of drug-likeness (QED) is 0.564. The molecule has 11 heavy (non-hydrogen) atoms. The van der Waals surface area contributed by atoms with Crippen molar-refractivity contribution in [3.05, 3.63) is 18.1 Å². The molecule has 0 spiro atoms. The Morgan fingerprint density at radius 3 is 3.27 bits per heavy atom. The number of aromatic amines is 2.